The molecule has 1 rings (SSSR count). The number of nitrogens with two attached hydrogens (primary N) is 1. The van der Waals surface area contributed by atoms with Gasteiger partial charge < -0.3 is 31.9 Å². The van der Waals surface area contributed by atoms with Crippen molar-refractivity contribution in [1.29, 1.82) is 0 Å². The van der Waals surface area contributed by atoms with E-state index in [4.69, 9.17) is 10.8 Å². The Balaban J connectivity index is 2.99. The maximum absolute atomic E-state index is 13.1. The molecule has 37 heavy (non-hydrogen) atoms. The van der Waals surface area contributed by atoms with Crippen LogP contribution in [0.4, 0.5) is 0 Å². The predicted octanol–water partition coefficient (Wildman–Crippen LogP) is 0.759. The minimum Gasteiger partial charge on any atom is -0.481 e. The number of nitrogens with one attached hydrogen (secondary N) is 3. The SMILES string of the molecule is CCC(C)C(NC(=O)C(CCSC)NC(=O)C(CCC(=O)O)NC(=O)C(N)Cc1ccccc1)C(=O)O. The van der Waals surface area contributed by atoms with Crippen molar-refractivity contribution in [3.8, 4) is 0 Å². The number of carboxylic acids is 2. The van der Waals surface area contributed by atoms with Gasteiger partial charge in [-0.2, -0.15) is 11.8 Å². The Morgan fingerprint density at radius 2 is 1.49 bits per heavy atom. The fourth-order valence-electron chi connectivity index (χ4n) is 3.49. The Bertz CT molecular complexity index is 916. The highest BCUT2D eigenvalue weighted by atomic mass is 32.2. The van der Waals surface area contributed by atoms with E-state index in [1.807, 2.05) is 12.3 Å². The second-order valence-electron chi connectivity index (χ2n) is 8.84. The number of thioether (sulfide) groups is 1. The highest BCUT2D eigenvalue weighted by Gasteiger charge is 2.32. The number of hydrogen-bond acceptors (Lipinski definition) is 7. The number of hydrogen-bond donors (Lipinski definition) is 6. The van der Waals surface area contributed by atoms with E-state index in [0.29, 0.717) is 12.2 Å². The van der Waals surface area contributed by atoms with E-state index in [9.17, 15) is 29.1 Å². The molecule has 11 nitrogen and oxygen atoms in total. The molecule has 0 heterocycles. The van der Waals surface area contributed by atoms with Crippen LogP contribution in [-0.2, 0) is 30.4 Å². The standard InChI is InChI=1S/C25H38N4O7S/c1-4-15(2)21(25(35)36)29-24(34)19(12-13-37-3)28-23(33)18(10-11-20(30)31)27-22(32)17(26)14-16-8-6-5-7-9-16/h5-9,15,17-19,21H,4,10-14,26H2,1-3H3,(H,27,32)(H,28,33)(H,29,34)(H,30,31)(H,35,36). The third-order valence-electron chi connectivity index (χ3n) is 5.94. The smallest absolute Gasteiger partial charge is 0.326 e. The van der Waals surface area contributed by atoms with Crippen molar-refractivity contribution in [3.05, 3.63) is 35.9 Å². The van der Waals surface area contributed by atoms with Crippen LogP contribution in [0.2, 0.25) is 0 Å². The van der Waals surface area contributed by atoms with Crippen LogP contribution in [0.3, 0.4) is 0 Å². The van der Waals surface area contributed by atoms with E-state index in [1.165, 1.54) is 11.8 Å². The number of benzene rings is 1. The maximum Gasteiger partial charge on any atom is 0.326 e. The average molecular weight is 539 g/mol. The van der Waals surface area contributed by atoms with E-state index >= 15 is 0 Å². The summed E-state index contributed by atoms with van der Waals surface area (Å²) in [5.74, 6) is -4.24. The Morgan fingerprint density at radius 3 is 2.03 bits per heavy atom. The van der Waals surface area contributed by atoms with Gasteiger partial charge in [-0.15, -0.1) is 0 Å². The zero-order valence-corrected chi connectivity index (χ0v) is 22.3. The molecule has 0 aliphatic rings. The Labute approximate surface area is 221 Å². The van der Waals surface area contributed by atoms with Gasteiger partial charge in [0, 0.05) is 6.42 Å². The van der Waals surface area contributed by atoms with Gasteiger partial charge in [-0.05, 0) is 42.8 Å². The number of amides is 3. The van der Waals surface area contributed by atoms with Gasteiger partial charge in [-0.1, -0.05) is 50.6 Å². The van der Waals surface area contributed by atoms with Gasteiger partial charge in [-0.25, -0.2) is 4.79 Å². The third-order valence-corrected chi connectivity index (χ3v) is 6.58. The molecule has 0 aliphatic heterocycles. The molecular formula is C25H38N4O7S. The van der Waals surface area contributed by atoms with Crippen LogP contribution in [0.25, 0.3) is 0 Å². The number of rotatable bonds is 17. The first-order valence-electron chi connectivity index (χ1n) is 12.1. The Hall–Kier alpha value is -3.12. The molecule has 7 N–H and O–H groups in total. The summed E-state index contributed by atoms with van der Waals surface area (Å²) in [6.45, 7) is 3.50. The van der Waals surface area contributed by atoms with Crippen molar-refractivity contribution in [3.63, 3.8) is 0 Å². The van der Waals surface area contributed by atoms with Crippen LogP contribution in [0.1, 0.15) is 45.1 Å². The van der Waals surface area contributed by atoms with Gasteiger partial charge >= 0.3 is 11.9 Å². The van der Waals surface area contributed by atoms with Crippen LogP contribution in [0, 0.1) is 5.92 Å². The lowest BCUT2D eigenvalue weighted by molar-refractivity contribution is -0.143. The molecule has 0 spiro atoms. The number of carboxylic acid groups (broad SMARTS) is 2. The minimum absolute atomic E-state index is 0.207. The van der Waals surface area contributed by atoms with Gasteiger partial charge in [0.05, 0.1) is 6.04 Å². The average Bonchev–Trinajstić information content (AvgIpc) is 2.86. The van der Waals surface area contributed by atoms with E-state index in [0.717, 1.165) is 5.56 Å². The summed E-state index contributed by atoms with van der Waals surface area (Å²) in [6.07, 6.45) is 2.14. The Morgan fingerprint density at radius 1 is 0.919 bits per heavy atom. The van der Waals surface area contributed by atoms with E-state index < -0.39 is 60.2 Å². The highest BCUT2D eigenvalue weighted by molar-refractivity contribution is 7.98. The second kappa shape index (κ2) is 16.6. The summed E-state index contributed by atoms with van der Waals surface area (Å²) in [4.78, 5) is 61.5. The van der Waals surface area contributed by atoms with Crippen LogP contribution in [0.5, 0.6) is 0 Å². The second-order valence-corrected chi connectivity index (χ2v) is 9.83. The summed E-state index contributed by atoms with van der Waals surface area (Å²) in [6, 6.07) is 4.61. The van der Waals surface area contributed by atoms with Gasteiger partial charge in [0.1, 0.15) is 18.1 Å². The van der Waals surface area contributed by atoms with E-state index in [2.05, 4.69) is 16.0 Å². The normalized spacial score (nSPS) is 14.9. The minimum atomic E-state index is -1.25. The van der Waals surface area contributed by atoms with Gasteiger partial charge in [0.25, 0.3) is 0 Å². The van der Waals surface area contributed by atoms with Gasteiger partial charge in [0.2, 0.25) is 17.7 Å². The maximum atomic E-state index is 13.1. The first kappa shape index (κ1) is 31.9. The molecule has 0 fully saturated rings. The first-order chi connectivity index (χ1) is 17.5. The quantitative estimate of drug-likeness (QED) is 0.166. The lowest BCUT2D eigenvalue weighted by Gasteiger charge is -2.26. The monoisotopic (exact) mass is 538 g/mol. The molecule has 3 amide bonds. The zero-order valence-electron chi connectivity index (χ0n) is 21.4. The van der Waals surface area contributed by atoms with Gasteiger partial charge in [-0.3, -0.25) is 19.2 Å². The molecule has 0 bridgehead atoms. The summed E-state index contributed by atoms with van der Waals surface area (Å²) >= 11 is 1.44. The van der Waals surface area contributed by atoms with Crippen molar-refractivity contribution in [2.75, 3.05) is 12.0 Å². The largest absolute Gasteiger partial charge is 0.481 e. The fourth-order valence-corrected chi connectivity index (χ4v) is 3.96. The summed E-state index contributed by atoms with van der Waals surface area (Å²) in [5.41, 5.74) is 6.83. The lowest BCUT2D eigenvalue weighted by atomic mass is 9.98. The molecule has 0 saturated carbocycles. The van der Waals surface area contributed by atoms with Crippen molar-refractivity contribution in [2.45, 2.75) is 70.1 Å². The highest BCUT2D eigenvalue weighted by Crippen LogP contribution is 2.10. The summed E-state index contributed by atoms with van der Waals surface area (Å²) in [5, 5.41) is 26.2. The molecule has 5 unspecified atom stereocenters. The molecule has 1 aromatic rings. The van der Waals surface area contributed by atoms with E-state index in [-0.39, 0.29) is 25.2 Å². The molecule has 1 aromatic carbocycles. The van der Waals surface area contributed by atoms with Crippen LogP contribution in [0.15, 0.2) is 30.3 Å². The molecule has 5 atom stereocenters. The van der Waals surface area contributed by atoms with E-state index in [1.54, 1.807) is 38.1 Å². The van der Waals surface area contributed by atoms with Crippen LogP contribution < -0.4 is 21.7 Å². The molecule has 12 heteroatoms. The summed E-state index contributed by atoms with van der Waals surface area (Å²) in [7, 11) is 0. The van der Waals surface area contributed by atoms with Crippen LogP contribution >= 0.6 is 11.8 Å². The molecule has 206 valence electrons. The number of aliphatic carboxylic acids is 2. The Kier molecular flexibility index (Phi) is 14.3. The third kappa shape index (κ3) is 11.6. The molecule has 0 radical (unpaired) electrons. The van der Waals surface area contributed by atoms with Crippen molar-refractivity contribution < 1.29 is 34.2 Å². The number of carbonyl (C=O) groups is 5. The lowest BCUT2D eigenvalue weighted by Crippen LogP contribution is -2.58. The topological polar surface area (TPSA) is 188 Å². The number of carbonyl (C=O) groups excluding carboxylic acids is 3. The molecule has 0 aromatic heterocycles. The van der Waals surface area contributed by atoms with Crippen molar-refractivity contribution in [2.24, 2.45) is 11.7 Å². The van der Waals surface area contributed by atoms with Crippen LogP contribution in [-0.4, -0.2) is 76.0 Å². The molecular weight excluding hydrogens is 500 g/mol. The van der Waals surface area contributed by atoms with Crippen molar-refractivity contribution >= 4 is 41.4 Å². The molecule has 0 saturated heterocycles. The molecule has 0 aliphatic carbocycles. The van der Waals surface area contributed by atoms with Gasteiger partial charge in [0.15, 0.2) is 0 Å². The first-order valence-corrected chi connectivity index (χ1v) is 13.5. The fraction of sp³-hybridized carbons (Fsp3) is 0.560. The summed E-state index contributed by atoms with van der Waals surface area (Å²) < 4.78 is 0. The predicted molar refractivity (Wildman–Crippen MR) is 141 cm³/mol. The zero-order chi connectivity index (χ0) is 28.0. The van der Waals surface area contributed by atoms with Crippen molar-refractivity contribution in [1.82, 2.24) is 16.0 Å².